The van der Waals surface area contributed by atoms with Gasteiger partial charge in [-0.1, -0.05) is 6.07 Å². The smallest absolute Gasteiger partial charge is 0.330 e. The Morgan fingerprint density at radius 3 is 2.68 bits per heavy atom. The number of anilines is 1. The van der Waals surface area contributed by atoms with E-state index < -0.39 is 47.9 Å². The molecule has 196 valence electrons. The fourth-order valence-electron chi connectivity index (χ4n) is 4.16. The standard InChI is InChI=1S/C25H29N5O7/c1-4-35-24(33)21-17(9-15-7-8-27-20(10-15)29-22(31)13(2)26)23(32)30(21)25(34)28-14(3)16-5-6-18-19(11-16)37-12-36-18/h5-8,10-11,13-14,17,21H,4,9,12,26H2,1-3H3,(H,28,34)(H,27,29,31)/t13-,14+,17+,21-/m0/s1. The lowest BCUT2D eigenvalue weighted by atomic mass is 9.82. The van der Waals surface area contributed by atoms with Crippen LogP contribution in [0.5, 0.6) is 11.5 Å². The summed E-state index contributed by atoms with van der Waals surface area (Å²) in [6, 6.07) is 5.55. The Bertz CT molecular complexity index is 1220. The number of aromatic nitrogens is 1. The molecule has 0 unspecified atom stereocenters. The van der Waals surface area contributed by atoms with Crippen LogP contribution in [0, 0.1) is 5.92 Å². The van der Waals surface area contributed by atoms with Crippen LogP contribution in [0.4, 0.5) is 10.6 Å². The highest BCUT2D eigenvalue weighted by Crippen LogP contribution is 2.35. The van der Waals surface area contributed by atoms with Crippen molar-refractivity contribution in [2.45, 2.75) is 45.3 Å². The van der Waals surface area contributed by atoms with Crippen molar-refractivity contribution in [3.63, 3.8) is 0 Å². The third-order valence-corrected chi connectivity index (χ3v) is 6.14. The maximum atomic E-state index is 13.1. The summed E-state index contributed by atoms with van der Waals surface area (Å²) in [5.74, 6) is -0.952. The van der Waals surface area contributed by atoms with Crippen molar-refractivity contribution in [2.75, 3.05) is 18.7 Å². The first-order valence-electron chi connectivity index (χ1n) is 11.9. The summed E-state index contributed by atoms with van der Waals surface area (Å²) < 4.78 is 15.9. The van der Waals surface area contributed by atoms with Crippen molar-refractivity contribution < 1.29 is 33.4 Å². The maximum Gasteiger partial charge on any atom is 0.330 e. The minimum Gasteiger partial charge on any atom is -0.464 e. The normalized spacial score (nSPS) is 19.5. The Hall–Kier alpha value is -4.19. The Morgan fingerprint density at radius 2 is 1.95 bits per heavy atom. The highest BCUT2D eigenvalue weighted by molar-refractivity contribution is 6.08. The molecule has 0 aliphatic carbocycles. The zero-order valence-electron chi connectivity index (χ0n) is 20.7. The van der Waals surface area contributed by atoms with Crippen molar-refractivity contribution in [3.05, 3.63) is 47.7 Å². The summed E-state index contributed by atoms with van der Waals surface area (Å²) in [4.78, 5) is 55.8. The van der Waals surface area contributed by atoms with Gasteiger partial charge < -0.3 is 30.6 Å². The number of fused-ring (bicyclic) bond motifs is 1. The first-order chi connectivity index (χ1) is 17.7. The molecule has 4 rings (SSSR count). The van der Waals surface area contributed by atoms with Gasteiger partial charge in [-0.3, -0.25) is 9.59 Å². The molecule has 3 heterocycles. The number of esters is 1. The van der Waals surface area contributed by atoms with Crippen LogP contribution in [-0.2, 0) is 25.5 Å². The number of ether oxygens (including phenoxy) is 3. The van der Waals surface area contributed by atoms with Crippen molar-refractivity contribution in [1.82, 2.24) is 15.2 Å². The van der Waals surface area contributed by atoms with E-state index in [4.69, 9.17) is 19.9 Å². The molecule has 1 fully saturated rings. The lowest BCUT2D eigenvalue weighted by molar-refractivity contribution is -0.169. The first-order valence-corrected chi connectivity index (χ1v) is 11.9. The molecule has 12 heteroatoms. The van der Waals surface area contributed by atoms with E-state index in [1.165, 1.54) is 6.20 Å². The molecule has 0 bridgehead atoms. The molecule has 37 heavy (non-hydrogen) atoms. The van der Waals surface area contributed by atoms with Crippen molar-refractivity contribution >= 4 is 29.6 Å². The number of nitrogens with one attached hydrogen (secondary N) is 2. The molecule has 1 saturated heterocycles. The monoisotopic (exact) mass is 511 g/mol. The molecule has 4 N–H and O–H groups in total. The number of amides is 4. The number of hydrogen-bond donors (Lipinski definition) is 3. The number of urea groups is 1. The molecule has 0 saturated carbocycles. The number of nitrogens with two attached hydrogens (primary N) is 1. The van der Waals surface area contributed by atoms with Gasteiger partial charge in [0.25, 0.3) is 0 Å². The minimum absolute atomic E-state index is 0.0992. The molecular weight excluding hydrogens is 482 g/mol. The molecular formula is C25H29N5O7. The molecule has 2 aromatic rings. The molecule has 4 atom stereocenters. The number of benzene rings is 1. The van der Waals surface area contributed by atoms with Gasteiger partial charge in [0.1, 0.15) is 5.82 Å². The SMILES string of the molecule is CCOC(=O)[C@@H]1[C@@H](Cc2ccnc(NC(=O)[C@H](C)N)c2)C(=O)N1C(=O)N[C@H](C)c1ccc2c(c1)OCO2. The molecule has 0 radical (unpaired) electrons. The van der Waals surface area contributed by atoms with Gasteiger partial charge in [-0.05, 0) is 62.6 Å². The van der Waals surface area contributed by atoms with Crippen LogP contribution in [0.3, 0.4) is 0 Å². The molecule has 0 spiro atoms. The molecule has 4 amide bonds. The second-order valence-electron chi connectivity index (χ2n) is 8.83. The average molecular weight is 512 g/mol. The largest absolute Gasteiger partial charge is 0.464 e. The summed E-state index contributed by atoms with van der Waals surface area (Å²) >= 11 is 0. The fourth-order valence-corrected chi connectivity index (χ4v) is 4.16. The van der Waals surface area contributed by atoms with Crippen LogP contribution < -0.4 is 25.8 Å². The number of carbonyl (C=O) groups is 4. The lowest BCUT2D eigenvalue weighted by Crippen LogP contribution is -2.69. The highest BCUT2D eigenvalue weighted by atomic mass is 16.7. The second-order valence-corrected chi connectivity index (χ2v) is 8.83. The van der Waals surface area contributed by atoms with E-state index in [2.05, 4.69) is 15.6 Å². The van der Waals surface area contributed by atoms with Crippen LogP contribution in [0.2, 0.25) is 0 Å². The average Bonchev–Trinajstić information content (AvgIpc) is 3.33. The number of likely N-dealkylation sites (tertiary alicyclic amines) is 1. The van der Waals surface area contributed by atoms with Gasteiger partial charge in [-0.15, -0.1) is 0 Å². The van der Waals surface area contributed by atoms with Gasteiger partial charge in [0.15, 0.2) is 17.5 Å². The van der Waals surface area contributed by atoms with E-state index in [1.54, 1.807) is 51.1 Å². The number of hydrogen-bond acceptors (Lipinski definition) is 9. The van der Waals surface area contributed by atoms with Gasteiger partial charge in [0, 0.05) is 6.20 Å². The lowest BCUT2D eigenvalue weighted by Gasteiger charge is -2.44. The van der Waals surface area contributed by atoms with Gasteiger partial charge in [-0.25, -0.2) is 19.5 Å². The third-order valence-electron chi connectivity index (χ3n) is 6.14. The second kappa shape index (κ2) is 10.8. The number of rotatable bonds is 8. The zero-order valence-corrected chi connectivity index (χ0v) is 20.7. The molecule has 12 nitrogen and oxygen atoms in total. The van der Waals surface area contributed by atoms with Gasteiger partial charge in [0.2, 0.25) is 18.6 Å². The summed E-state index contributed by atoms with van der Waals surface area (Å²) in [6.45, 7) is 5.18. The Balaban J connectivity index is 1.47. The Morgan fingerprint density at radius 1 is 1.19 bits per heavy atom. The van der Waals surface area contributed by atoms with Gasteiger partial charge in [0.05, 0.1) is 24.6 Å². The van der Waals surface area contributed by atoms with Gasteiger partial charge >= 0.3 is 12.0 Å². The number of carbonyl (C=O) groups excluding carboxylic acids is 4. The fraction of sp³-hybridized carbons (Fsp3) is 0.400. The molecule has 1 aromatic heterocycles. The van der Waals surface area contributed by atoms with Crippen molar-refractivity contribution in [1.29, 1.82) is 0 Å². The van der Waals surface area contributed by atoms with Gasteiger partial charge in [-0.2, -0.15) is 0 Å². The topological polar surface area (TPSA) is 162 Å². The zero-order chi connectivity index (χ0) is 26.7. The Labute approximate surface area is 213 Å². The quantitative estimate of drug-likeness (QED) is 0.352. The molecule has 1 aromatic carbocycles. The maximum absolute atomic E-state index is 13.1. The molecule has 2 aliphatic heterocycles. The third kappa shape index (κ3) is 5.48. The summed E-state index contributed by atoms with van der Waals surface area (Å²) in [5, 5.41) is 5.36. The number of pyridine rings is 1. The van der Waals surface area contributed by atoms with Crippen molar-refractivity contribution in [2.24, 2.45) is 11.7 Å². The van der Waals surface area contributed by atoms with Crippen molar-refractivity contribution in [3.8, 4) is 11.5 Å². The summed E-state index contributed by atoms with van der Waals surface area (Å²) in [5.41, 5.74) is 6.97. The van der Waals surface area contributed by atoms with E-state index >= 15 is 0 Å². The van der Waals surface area contributed by atoms with E-state index in [-0.39, 0.29) is 25.6 Å². The predicted molar refractivity (Wildman–Crippen MR) is 130 cm³/mol. The summed E-state index contributed by atoms with van der Waals surface area (Å²) in [7, 11) is 0. The van der Waals surface area contributed by atoms with E-state index in [0.29, 0.717) is 17.1 Å². The predicted octanol–water partition coefficient (Wildman–Crippen LogP) is 1.50. The van der Waals surface area contributed by atoms with E-state index in [9.17, 15) is 19.2 Å². The number of imide groups is 1. The van der Waals surface area contributed by atoms with Crippen LogP contribution >= 0.6 is 0 Å². The van der Waals surface area contributed by atoms with Crippen LogP contribution in [-0.4, -0.2) is 59.2 Å². The first kappa shape index (κ1) is 25.9. The number of β-lactam (4-membered cyclic amide) rings is 1. The highest BCUT2D eigenvalue weighted by Gasteiger charge is 2.55. The van der Waals surface area contributed by atoms with Crippen LogP contribution in [0.15, 0.2) is 36.5 Å². The van der Waals surface area contributed by atoms with E-state index in [1.807, 2.05) is 0 Å². The van der Waals surface area contributed by atoms with E-state index in [0.717, 1.165) is 10.5 Å². The minimum atomic E-state index is -1.09. The van der Waals surface area contributed by atoms with Crippen LogP contribution in [0.25, 0.3) is 0 Å². The number of nitrogens with zero attached hydrogens (tertiary/aromatic N) is 2. The Kier molecular flexibility index (Phi) is 7.58. The molecule has 2 aliphatic rings. The van der Waals surface area contributed by atoms with Crippen LogP contribution in [0.1, 0.15) is 37.9 Å². The summed E-state index contributed by atoms with van der Waals surface area (Å²) in [6.07, 6.45) is 1.62.